The standard InChI is InChI=1S/C20H16FN5O3S/c1-29-15-6-3-5-14(11-15)22-18(27)12-25-20(28)26-17(23-25)8-9-19(24-26)30-16-7-2-4-13(21)10-16/h2-11H,12H2,1H3,(H,22,27). The Balaban J connectivity index is 1.52. The number of methoxy groups -OCH3 is 1. The molecule has 0 radical (unpaired) electrons. The Hall–Kier alpha value is -3.66. The van der Waals surface area contributed by atoms with E-state index < -0.39 is 11.6 Å². The molecule has 0 aliphatic heterocycles. The second kappa shape index (κ2) is 8.37. The summed E-state index contributed by atoms with van der Waals surface area (Å²) in [5, 5.41) is 11.6. The van der Waals surface area contributed by atoms with Crippen LogP contribution in [-0.2, 0) is 11.3 Å². The topological polar surface area (TPSA) is 90.5 Å². The van der Waals surface area contributed by atoms with E-state index in [2.05, 4.69) is 15.5 Å². The summed E-state index contributed by atoms with van der Waals surface area (Å²) in [6, 6.07) is 16.3. The van der Waals surface area contributed by atoms with Crippen LogP contribution in [0.2, 0.25) is 0 Å². The number of rotatable bonds is 6. The molecule has 0 aliphatic rings. The van der Waals surface area contributed by atoms with Crippen molar-refractivity contribution in [3.05, 3.63) is 77.0 Å². The summed E-state index contributed by atoms with van der Waals surface area (Å²) in [4.78, 5) is 25.6. The molecule has 1 N–H and O–H groups in total. The maximum absolute atomic E-state index is 13.4. The van der Waals surface area contributed by atoms with Crippen molar-refractivity contribution >= 4 is 29.0 Å². The number of hydrogen-bond acceptors (Lipinski definition) is 6. The molecule has 1 amide bonds. The summed E-state index contributed by atoms with van der Waals surface area (Å²) in [7, 11) is 1.53. The number of anilines is 1. The van der Waals surface area contributed by atoms with E-state index in [4.69, 9.17) is 4.74 Å². The van der Waals surface area contributed by atoms with Gasteiger partial charge in [0, 0.05) is 16.6 Å². The van der Waals surface area contributed by atoms with Crippen molar-refractivity contribution in [3.63, 3.8) is 0 Å². The number of amides is 1. The van der Waals surface area contributed by atoms with Crippen molar-refractivity contribution in [2.24, 2.45) is 0 Å². The van der Waals surface area contributed by atoms with Gasteiger partial charge in [0.1, 0.15) is 23.1 Å². The minimum absolute atomic E-state index is 0.272. The first-order valence-corrected chi connectivity index (χ1v) is 9.68. The Kier molecular flexibility index (Phi) is 5.48. The molecule has 0 saturated carbocycles. The number of ether oxygens (including phenoxy) is 1. The minimum Gasteiger partial charge on any atom is -0.497 e. The average molecular weight is 425 g/mol. The zero-order valence-corrected chi connectivity index (χ0v) is 16.6. The summed E-state index contributed by atoms with van der Waals surface area (Å²) in [5.74, 6) is -0.165. The van der Waals surface area contributed by atoms with E-state index in [0.717, 1.165) is 9.20 Å². The highest BCUT2D eigenvalue weighted by Crippen LogP contribution is 2.26. The quantitative estimate of drug-likeness (QED) is 0.511. The molecule has 0 fully saturated rings. The minimum atomic E-state index is -0.549. The summed E-state index contributed by atoms with van der Waals surface area (Å²) in [6.45, 7) is -0.272. The van der Waals surface area contributed by atoms with E-state index in [-0.39, 0.29) is 12.4 Å². The van der Waals surface area contributed by atoms with Gasteiger partial charge in [-0.2, -0.15) is 9.61 Å². The average Bonchev–Trinajstić information content (AvgIpc) is 3.03. The highest BCUT2D eigenvalue weighted by Gasteiger charge is 2.13. The molecule has 4 rings (SSSR count). The number of aromatic nitrogens is 4. The number of nitrogens with zero attached hydrogens (tertiary/aromatic N) is 4. The van der Waals surface area contributed by atoms with Crippen molar-refractivity contribution in [1.82, 2.24) is 19.4 Å². The second-order valence-corrected chi connectivity index (χ2v) is 7.32. The summed E-state index contributed by atoms with van der Waals surface area (Å²) in [5.41, 5.74) is 0.299. The van der Waals surface area contributed by atoms with Crippen LogP contribution >= 0.6 is 11.8 Å². The molecule has 0 bridgehead atoms. The SMILES string of the molecule is COc1cccc(NC(=O)Cn2nc3ccc(Sc4cccc(F)c4)nn3c2=O)c1. The molecule has 8 nitrogen and oxygen atoms in total. The van der Waals surface area contributed by atoms with Gasteiger partial charge in [-0.25, -0.2) is 13.9 Å². The normalized spacial score (nSPS) is 10.9. The highest BCUT2D eigenvalue weighted by atomic mass is 32.2. The lowest BCUT2D eigenvalue weighted by atomic mass is 10.3. The molecule has 2 aromatic carbocycles. The maximum Gasteiger partial charge on any atom is 0.367 e. The van der Waals surface area contributed by atoms with E-state index >= 15 is 0 Å². The monoisotopic (exact) mass is 425 g/mol. The van der Waals surface area contributed by atoms with Gasteiger partial charge in [-0.1, -0.05) is 23.9 Å². The van der Waals surface area contributed by atoms with Gasteiger partial charge in [0.05, 0.1) is 7.11 Å². The first kappa shape index (κ1) is 19.6. The Bertz CT molecular complexity index is 1290. The summed E-state index contributed by atoms with van der Waals surface area (Å²) in [6.07, 6.45) is 0. The zero-order valence-electron chi connectivity index (χ0n) is 15.8. The Morgan fingerprint density at radius 3 is 2.77 bits per heavy atom. The molecule has 2 heterocycles. The molecule has 30 heavy (non-hydrogen) atoms. The van der Waals surface area contributed by atoms with Crippen LogP contribution in [0.4, 0.5) is 10.1 Å². The van der Waals surface area contributed by atoms with E-state index in [1.807, 2.05) is 0 Å². The Labute approximate surface area is 174 Å². The van der Waals surface area contributed by atoms with Crippen molar-refractivity contribution in [2.75, 3.05) is 12.4 Å². The second-order valence-electron chi connectivity index (χ2n) is 6.22. The van der Waals surface area contributed by atoms with Crippen LogP contribution in [0.25, 0.3) is 5.65 Å². The number of hydrogen-bond donors (Lipinski definition) is 1. The molecule has 10 heteroatoms. The molecule has 0 aliphatic carbocycles. The van der Waals surface area contributed by atoms with Crippen LogP contribution in [0, 0.1) is 5.82 Å². The van der Waals surface area contributed by atoms with Crippen LogP contribution in [0.3, 0.4) is 0 Å². The fourth-order valence-corrected chi connectivity index (χ4v) is 3.56. The molecular formula is C20H16FN5O3S. The predicted molar refractivity (Wildman–Crippen MR) is 109 cm³/mol. The maximum atomic E-state index is 13.4. The van der Waals surface area contributed by atoms with Crippen molar-refractivity contribution in [3.8, 4) is 5.75 Å². The third-order valence-corrected chi connectivity index (χ3v) is 5.00. The van der Waals surface area contributed by atoms with Gasteiger partial charge in [0.25, 0.3) is 0 Å². The van der Waals surface area contributed by atoms with Gasteiger partial charge < -0.3 is 10.1 Å². The van der Waals surface area contributed by atoms with Crippen LogP contribution < -0.4 is 15.7 Å². The Morgan fingerprint density at radius 2 is 1.97 bits per heavy atom. The van der Waals surface area contributed by atoms with Crippen LogP contribution in [0.1, 0.15) is 0 Å². The number of carbonyl (C=O) groups is 1. The lowest BCUT2D eigenvalue weighted by Gasteiger charge is -2.06. The lowest BCUT2D eigenvalue weighted by Crippen LogP contribution is -2.28. The lowest BCUT2D eigenvalue weighted by molar-refractivity contribution is -0.117. The first-order chi connectivity index (χ1) is 14.5. The van der Waals surface area contributed by atoms with Gasteiger partial charge >= 0.3 is 5.69 Å². The third-order valence-electron chi connectivity index (χ3n) is 4.08. The van der Waals surface area contributed by atoms with Crippen molar-refractivity contribution < 1.29 is 13.9 Å². The number of halogens is 1. The van der Waals surface area contributed by atoms with E-state index in [9.17, 15) is 14.0 Å². The fraction of sp³-hybridized carbons (Fsp3) is 0.100. The Morgan fingerprint density at radius 1 is 1.13 bits per heavy atom. The van der Waals surface area contributed by atoms with E-state index in [1.54, 1.807) is 48.5 Å². The van der Waals surface area contributed by atoms with Crippen LogP contribution in [0.5, 0.6) is 5.75 Å². The van der Waals surface area contributed by atoms with Gasteiger partial charge in [-0.05, 0) is 42.5 Å². The molecule has 152 valence electrons. The number of carbonyl (C=O) groups excluding carboxylic acids is 1. The fourth-order valence-electron chi connectivity index (χ4n) is 2.74. The van der Waals surface area contributed by atoms with Crippen LogP contribution in [0.15, 0.2) is 75.4 Å². The van der Waals surface area contributed by atoms with E-state index in [1.165, 1.54) is 31.0 Å². The summed E-state index contributed by atoms with van der Waals surface area (Å²) >= 11 is 1.21. The smallest absolute Gasteiger partial charge is 0.367 e. The van der Waals surface area contributed by atoms with Gasteiger partial charge in [0.15, 0.2) is 5.65 Å². The molecule has 0 unspecified atom stereocenters. The first-order valence-electron chi connectivity index (χ1n) is 8.86. The zero-order chi connectivity index (χ0) is 21.1. The number of fused-ring (bicyclic) bond motifs is 1. The largest absolute Gasteiger partial charge is 0.497 e. The van der Waals surface area contributed by atoms with Crippen molar-refractivity contribution in [2.45, 2.75) is 16.5 Å². The number of nitrogens with one attached hydrogen (secondary N) is 1. The molecular weight excluding hydrogens is 409 g/mol. The molecule has 0 spiro atoms. The van der Waals surface area contributed by atoms with E-state index in [0.29, 0.717) is 27.0 Å². The highest BCUT2D eigenvalue weighted by molar-refractivity contribution is 7.99. The van der Waals surface area contributed by atoms with Gasteiger partial charge in [-0.3, -0.25) is 4.79 Å². The molecule has 0 atom stereocenters. The summed E-state index contributed by atoms with van der Waals surface area (Å²) < 4.78 is 20.6. The molecule has 4 aromatic rings. The third kappa shape index (κ3) is 4.33. The van der Waals surface area contributed by atoms with Gasteiger partial charge in [-0.15, -0.1) is 5.10 Å². The van der Waals surface area contributed by atoms with Crippen LogP contribution in [-0.4, -0.2) is 32.4 Å². The number of benzene rings is 2. The van der Waals surface area contributed by atoms with Gasteiger partial charge in [0.2, 0.25) is 5.91 Å². The molecule has 0 saturated heterocycles. The molecule has 2 aromatic heterocycles. The predicted octanol–water partition coefficient (Wildman–Crippen LogP) is 2.83. The van der Waals surface area contributed by atoms with Crippen molar-refractivity contribution in [1.29, 1.82) is 0 Å².